The summed E-state index contributed by atoms with van der Waals surface area (Å²) < 4.78 is 6.21. The van der Waals surface area contributed by atoms with Crippen LogP contribution in [0.2, 0.25) is 10.0 Å². The molecule has 0 saturated carbocycles. The van der Waals surface area contributed by atoms with E-state index in [1.54, 1.807) is 19.1 Å². The third-order valence-corrected chi connectivity index (χ3v) is 7.31. The molecule has 0 fully saturated rings. The minimum atomic E-state index is -0.433. The molecule has 4 aromatic rings. The lowest BCUT2D eigenvalue weighted by Crippen LogP contribution is -2.12. The zero-order chi connectivity index (χ0) is 22.1. The first-order valence-corrected chi connectivity index (χ1v) is 11.7. The summed E-state index contributed by atoms with van der Waals surface area (Å²) in [5.41, 5.74) is 2.54. The monoisotopic (exact) mass is 490 g/mol. The molecule has 0 aliphatic heterocycles. The van der Waals surface area contributed by atoms with Crippen LogP contribution in [0.3, 0.4) is 0 Å². The Labute approximate surface area is 196 Å². The van der Waals surface area contributed by atoms with Crippen molar-refractivity contribution in [1.82, 2.24) is 4.98 Å². The first kappa shape index (κ1) is 21.8. The van der Waals surface area contributed by atoms with Gasteiger partial charge in [-0.15, -0.1) is 22.7 Å². The number of hydrogen-bond donors (Lipinski definition) is 1. The maximum atomic E-state index is 13.0. The van der Waals surface area contributed by atoms with Gasteiger partial charge in [-0.2, -0.15) is 0 Å². The maximum Gasteiger partial charge on any atom is 0.348 e. The summed E-state index contributed by atoms with van der Waals surface area (Å²) in [6.07, 6.45) is 0. The summed E-state index contributed by atoms with van der Waals surface area (Å²) in [7, 11) is 0. The minimum absolute atomic E-state index is 0.241. The van der Waals surface area contributed by atoms with E-state index in [1.165, 1.54) is 17.4 Å². The summed E-state index contributed by atoms with van der Waals surface area (Å²) in [5, 5.41) is 4.80. The smallest absolute Gasteiger partial charge is 0.348 e. The molecule has 158 valence electrons. The number of amides is 1. The van der Waals surface area contributed by atoms with Crippen LogP contribution in [0.5, 0.6) is 0 Å². The number of fused-ring (bicyclic) bond motifs is 1. The maximum absolute atomic E-state index is 13.0. The topological polar surface area (TPSA) is 68.3 Å². The zero-order valence-electron chi connectivity index (χ0n) is 16.5. The first-order valence-electron chi connectivity index (χ1n) is 9.32. The fraction of sp³-hybridized carbons (Fsp3) is 0.136. The van der Waals surface area contributed by atoms with Gasteiger partial charge in [-0.25, -0.2) is 9.78 Å². The number of carbonyl (C=O) groups excluding carboxylic acids is 2. The number of rotatable bonds is 5. The van der Waals surface area contributed by atoms with Crippen molar-refractivity contribution in [3.05, 3.63) is 68.5 Å². The van der Waals surface area contributed by atoms with Gasteiger partial charge in [0.1, 0.15) is 14.9 Å². The molecule has 0 atom stereocenters. The molecule has 1 N–H and O–H groups in total. The van der Waals surface area contributed by atoms with Crippen LogP contribution in [0.15, 0.2) is 42.5 Å². The van der Waals surface area contributed by atoms with Gasteiger partial charge >= 0.3 is 5.97 Å². The molecule has 31 heavy (non-hydrogen) atoms. The Bertz CT molecular complexity index is 1280. The summed E-state index contributed by atoms with van der Waals surface area (Å²) in [5.74, 6) is -0.835. The highest BCUT2D eigenvalue weighted by Crippen LogP contribution is 2.44. The second-order valence-corrected chi connectivity index (χ2v) is 9.44. The fourth-order valence-corrected chi connectivity index (χ4v) is 5.80. The molecule has 0 aliphatic carbocycles. The molecule has 2 heterocycles. The van der Waals surface area contributed by atoms with Gasteiger partial charge in [-0.05, 0) is 49.7 Å². The molecule has 0 aliphatic rings. The normalized spacial score (nSPS) is 11.0. The number of thiazole rings is 1. The molecule has 0 saturated heterocycles. The molecule has 4 rings (SSSR count). The highest BCUT2D eigenvalue weighted by Gasteiger charge is 2.26. The Morgan fingerprint density at radius 2 is 1.90 bits per heavy atom. The number of thiophene rings is 1. The average molecular weight is 491 g/mol. The third-order valence-electron chi connectivity index (χ3n) is 4.52. The number of hydrogen-bond acceptors (Lipinski definition) is 6. The summed E-state index contributed by atoms with van der Waals surface area (Å²) in [6.45, 7) is 3.84. The van der Waals surface area contributed by atoms with E-state index in [-0.39, 0.29) is 17.2 Å². The number of aromatic nitrogens is 1. The number of carbonyl (C=O) groups is 2. The van der Waals surface area contributed by atoms with Crippen molar-refractivity contribution in [3.63, 3.8) is 0 Å². The zero-order valence-corrected chi connectivity index (χ0v) is 19.6. The Kier molecular flexibility index (Phi) is 6.29. The predicted octanol–water partition coefficient (Wildman–Crippen LogP) is 7.07. The molecular weight excluding hydrogens is 475 g/mol. The van der Waals surface area contributed by atoms with Gasteiger partial charge in [0.15, 0.2) is 0 Å². The van der Waals surface area contributed by atoms with E-state index >= 15 is 0 Å². The van der Waals surface area contributed by atoms with Crippen LogP contribution >= 0.6 is 45.9 Å². The van der Waals surface area contributed by atoms with Gasteiger partial charge in [0.05, 0.1) is 27.4 Å². The molecule has 0 bridgehead atoms. The lowest BCUT2D eigenvalue weighted by molar-refractivity contribution is 0.0531. The van der Waals surface area contributed by atoms with E-state index in [0.29, 0.717) is 31.0 Å². The Morgan fingerprint density at radius 3 is 2.61 bits per heavy atom. The van der Waals surface area contributed by atoms with Crippen molar-refractivity contribution in [2.24, 2.45) is 0 Å². The largest absolute Gasteiger partial charge is 0.462 e. The molecule has 0 unspecified atom stereocenters. The predicted molar refractivity (Wildman–Crippen MR) is 128 cm³/mol. The van der Waals surface area contributed by atoms with E-state index in [1.807, 2.05) is 31.2 Å². The van der Waals surface area contributed by atoms with Crippen LogP contribution in [0.25, 0.3) is 20.8 Å². The molecule has 0 spiro atoms. The van der Waals surface area contributed by atoms with Crippen LogP contribution in [0.4, 0.5) is 5.00 Å². The molecule has 5 nitrogen and oxygen atoms in total. The highest BCUT2D eigenvalue weighted by molar-refractivity contribution is 7.23. The van der Waals surface area contributed by atoms with E-state index < -0.39 is 11.9 Å². The molecule has 2 aromatic heterocycles. The van der Waals surface area contributed by atoms with Crippen molar-refractivity contribution in [2.45, 2.75) is 13.8 Å². The molecule has 9 heteroatoms. The number of halogens is 2. The van der Waals surface area contributed by atoms with E-state index in [4.69, 9.17) is 32.9 Å². The van der Waals surface area contributed by atoms with Gasteiger partial charge in [0, 0.05) is 10.6 Å². The second-order valence-electron chi connectivity index (χ2n) is 6.55. The number of benzene rings is 2. The van der Waals surface area contributed by atoms with Gasteiger partial charge in [-0.3, -0.25) is 4.79 Å². The quantitative estimate of drug-likeness (QED) is 0.303. The molecule has 0 radical (unpaired) electrons. The van der Waals surface area contributed by atoms with Crippen LogP contribution in [0.1, 0.15) is 32.5 Å². The molecular formula is C22H16Cl2N2O3S2. The Morgan fingerprint density at radius 1 is 1.13 bits per heavy atom. The van der Waals surface area contributed by atoms with Crippen LogP contribution in [-0.2, 0) is 4.74 Å². The Balaban J connectivity index is 1.81. The highest BCUT2D eigenvalue weighted by atomic mass is 35.5. The van der Waals surface area contributed by atoms with Crippen molar-refractivity contribution in [3.8, 4) is 10.6 Å². The standard InChI is InChI=1S/C22H16Cl2N2O3S2/c1-3-29-22(28)18-11(2)17(20-25-15-6-4-5-7-16(15)30-20)21(31-18)26-19(27)13-9-8-12(23)10-14(13)24/h4-10H,3H2,1-2H3,(H,26,27). The second kappa shape index (κ2) is 8.96. The lowest BCUT2D eigenvalue weighted by Gasteiger charge is -2.07. The minimum Gasteiger partial charge on any atom is -0.462 e. The average Bonchev–Trinajstić information content (AvgIpc) is 3.28. The number of para-hydroxylation sites is 1. The van der Waals surface area contributed by atoms with Crippen LogP contribution in [0, 0.1) is 6.92 Å². The summed E-state index contributed by atoms with van der Waals surface area (Å²) in [6, 6.07) is 12.4. The lowest BCUT2D eigenvalue weighted by atomic mass is 10.1. The van der Waals surface area contributed by atoms with Crippen molar-refractivity contribution < 1.29 is 14.3 Å². The number of anilines is 1. The Hall–Kier alpha value is -2.45. The summed E-state index contributed by atoms with van der Waals surface area (Å²) in [4.78, 5) is 30.6. The van der Waals surface area contributed by atoms with Crippen molar-refractivity contribution in [1.29, 1.82) is 0 Å². The van der Waals surface area contributed by atoms with Crippen molar-refractivity contribution in [2.75, 3.05) is 11.9 Å². The number of esters is 1. The number of ether oxygens (including phenoxy) is 1. The summed E-state index contributed by atoms with van der Waals surface area (Å²) >= 11 is 14.8. The first-order chi connectivity index (χ1) is 14.9. The van der Waals surface area contributed by atoms with Crippen molar-refractivity contribution >= 4 is 73.0 Å². The molecule has 2 aromatic carbocycles. The van der Waals surface area contributed by atoms with Gasteiger partial charge < -0.3 is 10.1 Å². The van der Waals surface area contributed by atoms with E-state index in [2.05, 4.69) is 5.32 Å². The number of nitrogens with zero attached hydrogens (tertiary/aromatic N) is 1. The van der Waals surface area contributed by atoms with Gasteiger partial charge in [-0.1, -0.05) is 35.3 Å². The molecule has 1 amide bonds. The SMILES string of the molecule is CCOC(=O)c1sc(NC(=O)c2ccc(Cl)cc2Cl)c(-c2nc3ccccc3s2)c1C. The third kappa shape index (κ3) is 4.32. The van der Waals surface area contributed by atoms with E-state index in [0.717, 1.165) is 21.6 Å². The van der Waals surface area contributed by atoms with Gasteiger partial charge in [0.25, 0.3) is 5.91 Å². The number of nitrogens with one attached hydrogen (secondary N) is 1. The van der Waals surface area contributed by atoms with E-state index in [9.17, 15) is 9.59 Å². The van der Waals surface area contributed by atoms with Crippen LogP contribution < -0.4 is 5.32 Å². The van der Waals surface area contributed by atoms with Crippen LogP contribution in [-0.4, -0.2) is 23.5 Å². The van der Waals surface area contributed by atoms with Gasteiger partial charge in [0.2, 0.25) is 0 Å². The fourth-order valence-electron chi connectivity index (χ4n) is 3.07.